The van der Waals surface area contributed by atoms with Gasteiger partial charge in [-0.1, -0.05) is 26.7 Å². The van der Waals surface area contributed by atoms with Gasteiger partial charge in [-0.05, 0) is 12.8 Å². The van der Waals surface area contributed by atoms with Crippen molar-refractivity contribution < 1.29 is 4.92 Å². The van der Waals surface area contributed by atoms with Crippen molar-refractivity contribution in [1.29, 1.82) is 0 Å². The molecule has 20 heavy (non-hydrogen) atoms. The van der Waals surface area contributed by atoms with Crippen LogP contribution in [0.3, 0.4) is 0 Å². The summed E-state index contributed by atoms with van der Waals surface area (Å²) in [5.74, 6) is 0.814. The highest BCUT2D eigenvalue weighted by molar-refractivity contribution is 5.58. The van der Waals surface area contributed by atoms with Crippen LogP contribution < -0.4 is 10.2 Å². The minimum absolute atomic E-state index is 0.0500. The first-order valence-corrected chi connectivity index (χ1v) is 7.06. The van der Waals surface area contributed by atoms with E-state index in [2.05, 4.69) is 22.2 Å². The van der Waals surface area contributed by atoms with Gasteiger partial charge in [-0.25, -0.2) is 4.98 Å². The molecule has 0 spiro atoms. The molecule has 0 saturated carbocycles. The molecule has 112 valence electrons. The summed E-state index contributed by atoms with van der Waals surface area (Å²) in [7, 11) is 1.83. The van der Waals surface area contributed by atoms with Crippen LogP contribution in [0.15, 0.2) is 6.20 Å². The number of hydrogen-bond acceptors (Lipinski definition) is 6. The Hall–Kier alpha value is -1.92. The van der Waals surface area contributed by atoms with Gasteiger partial charge in [0.25, 0.3) is 0 Å². The molecule has 0 amide bonds. The van der Waals surface area contributed by atoms with Gasteiger partial charge in [0.2, 0.25) is 11.8 Å². The van der Waals surface area contributed by atoms with Crippen LogP contribution in [0.25, 0.3) is 0 Å². The molecule has 7 nitrogen and oxygen atoms in total. The third-order valence-corrected chi connectivity index (χ3v) is 2.94. The van der Waals surface area contributed by atoms with E-state index in [0.29, 0.717) is 11.8 Å². The molecule has 0 aliphatic carbocycles. The van der Waals surface area contributed by atoms with Crippen molar-refractivity contribution in [2.75, 3.05) is 30.4 Å². The zero-order valence-corrected chi connectivity index (χ0v) is 12.4. The second-order valence-electron chi connectivity index (χ2n) is 4.72. The first-order chi connectivity index (χ1) is 9.60. The average Bonchev–Trinajstić information content (AvgIpc) is 2.44. The third-order valence-electron chi connectivity index (χ3n) is 2.94. The Morgan fingerprint density at radius 2 is 2.10 bits per heavy atom. The van der Waals surface area contributed by atoms with E-state index >= 15 is 0 Å². The number of anilines is 2. The highest BCUT2D eigenvalue weighted by Gasteiger charge is 2.20. The van der Waals surface area contributed by atoms with Gasteiger partial charge in [-0.3, -0.25) is 10.1 Å². The van der Waals surface area contributed by atoms with E-state index in [1.807, 2.05) is 18.9 Å². The van der Waals surface area contributed by atoms with E-state index in [4.69, 9.17) is 0 Å². The summed E-state index contributed by atoms with van der Waals surface area (Å²) in [4.78, 5) is 20.7. The fraction of sp³-hybridized carbons (Fsp3) is 0.692. The summed E-state index contributed by atoms with van der Waals surface area (Å²) >= 11 is 0. The fourth-order valence-corrected chi connectivity index (χ4v) is 1.80. The monoisotopic (exact) mass is 281 g/mol. The molecule has 1 heterocycles. The lowest BCUT2D eigenvalue weighted by molar-refractivity contribution is -0.384. The molecular formula is C13H23N5O2. The van der Waals surface area contributed by atoms with E-state index in [1.54, 1.807) is 0 Å². The first-order valence-electron chi connectivity index (χ1n) is 7.06. The molecular weight excluding hydrogens is 258 g/mol. The zero-order valence-electron chi connectivity index (χ0n) is 12.4. The van der Waals surface area contributed by atoms with Crippen molar-refractivity contribution >= 4 is 17.5 Å². The number of nitrogens with one attached hydrogen (secondary N) is 1. The van der Waals surface area contributed by atoms with Crippen molar-refractivity contribution in [2.24, 2.45) is 0 Å². The fourth-order valence-electron chi connectivity index (χ4n) is 1.80. The molecule has 1 rings (SSSR count). The number of nitrogens with zero attached hydrogens (tertiary/aromatic N) is 4. The predicted molar refractivity (Wildman–Crippen MR) is 80.3 cm³/mol. The minimum atomic E-state index is -0.435. The third kappa shape index (κ3) is 4.64. The second kappa shape index (κ2) is 8.29. The Labute approximate surface area is 119 Å². The van der Waals surface area contributed by atoms with Crippen molar-refractivity contribution in [1.82, 2.24) is 9.97 Å². The van der Waals surface area contributed by atoms with Crippen LogP contribution in [0.4, 0.5) is 17.5 Å². The molecule has 0 bridgehead atoms. The number of unbranched alkanes of at least 4 members (excludes halogenated alkanes) is 2. The molecule has 1 aromatic heterocycles. The van der Waals surface area contributed by atoms with Crippen LogP contribution in [0.5, 0.6) is 0 Å². The van der Waals surface area contributed by atoms with E-state index < -0.39 is 4.92 Å². The maximum Gasteiger partial charge on any atom is 0.329 e. The van der Waals surface area contributed by atoms with Gasteiger partial charge < -0.3 is 10.2 Å². The summed E-state index contributed by atoms with van der Waals surface area (Å²) in [6, 6.07) is 0. The van der Waals surface area contributed by atoms with Gasteiger partial charge in [0.05, 0.1) is 4.92 Å². The SMILES string of the molecule is CCCCCN(C)c1nc(NCCC)ncc1[N+](=O)[O-]. The number of hydrogen-bond donors (Lipinski definition) is 1. The zero-order chi connectivity index (χ0) is 15.0. The molecule has 0 saturated heterocycles. The van der Waals surface area contributed by atoms with Crippen LogP contribution in [-0.4, -0.2) is 35.0 Å². The van der Waals surface area contributed by atoms with E-state index in [0.717, 1.165) is 38.8 Å². The lowest BCUT2D eigenvalue weighted by atomic mass is 10.2. The number of nitro groups is 1. The Morgan fingerprint density at radius 3 is 2.70 bits per heavy atom. The second-order valence-corrected chi connectivity index (χ2v) is 4.72. The van der Waals surface area contributed by atoms with E-state index in [1.165, 1.54) is 6.20 Å². The maximum absolute atomic E-state index is 11.1. The molecule has 0 unspecified atom stereocenters. The van der Waals surface area contributed by atoms with Crippen LogP contribution in [0, 0.1) is 10.1 Å². The van der Waals surface area contributed by atoms with Crippen molar-refractivity contribution in [3.63, 3.8) is 0 Å². The highest BCUT2D eigenvalue weighted by atomic mass is 16.6. The van der Waals surface area contributed by atoms with Gasteiger partial charge in [0.15, 0.2) is 0 Å². The summed E-state index contributed by atoms with van der Waals surface area (Å²) in [6.07, 6.45) is 5.43. The lowest BCUT2D eigenvalue weighted by Gasteiger charge is -2.18. The molecule has 0 radical (unpaired) electrons. The summed E-state index contributed by atoms with van der Waals surface area (Å²) in [5.41, 5.74) is -0.0500. The van der Waals surface area contributed by atoms with Gasteiger partial charge in [0.1, 0.15) is 6.20 Å². The number of rotatable bonds is 9. The topological polar surface area (TPSA) is 84.2 Å². The molecule has 1 aromatic rings. The summed E-state index contributed by atoms with van der Waals surface area (Å²) in [6.45, 7) is 5.66. The average molecular weight is 281 g/mol. The van der Waals surface area contributed by atoms with Crippen LogP contribution in [-0.2, 0) is 0 Å². The first kappa shape index (κ1) is 16.1. The van der Waals surface area contributed by atoms with Crippen LogP contribution in [0.2, 0.25) is 0 Å². The van der Waals surface area contributed by atoms with Gasteiger partial charge in [-0.15, -0.1) is 0 Å². The maximum atomic E-state index is 11.1. The Kier molecular flexibility index (Phi) is 6.69. The Balaban J connectivity index is 2.89. The molecule has 1 N–H and O–H groups in total. The Bertz CT molecular complexity index is 439. The lowest BCUT2D eigenvalue weighted by Crippen LogP contribution is -2.22. The Morgan fingerprint density at radius 1 is 1.35 bits per heavy atom. The van der Waals surface area contributed by atoms with Crippen LogP contribution >= 0.6 is 0 Å². The van der Waals surface area contributed by atoms with Crippen molar-refractivity contribution in [2.45, 2.75) is 39.5 Å². The summed E-state index contributed by atoms with van der Waals surface area (Å²) < 4.78 is 0. The number of aromatic nitrogens is 2. The predicted octanol–water partition coefficient (Wildman–Crippen LogP) is 2.83. The van der Waals surface area contributed by atoms with Gasteiger partial charge >= 0.3 is 5.69 Å². The van der Waals surface area contributed by atoms with Gasteiger partial charge in [0, 0.05) is 20.1 Å². The smallest absolute Gasteiger partial charge is 0.329 e. The van der Waals surface area contributed by atoms with E-state index in [-0.39, 0.29) is 5.69 Å². The molecule has 7 heteroatoms. The quantitative estimate of drug-likeness (QED) is 0.425. The largest absolute Gasteiger partial charge is 0.354 e. The van der Waals surface area contributed by atoms with Crippen LogP contribution in [0.1, 0.15) is 39.5 Å². The van der Waals surface area contributed by atoms with Crippen molar-refractivity contribution in [3.05, 3.63) is 16.3 Å². The molecule has 0 aromatic carbocycles. The standard InChI is InChI=1S/C13H23N5O2/c1-4-6-7-9-17(3)12-11(18(19)20)10-15-13(16-12)14-8-5-2/h10H,4-9H2,1-3H3,(H,14,15,16). The van der Waals surface area contributed by atoms with Crippen molar-refractivity contribution in [3.8, 4) is 0 Å². The minimum Gasteiger partial charge on any atom is -0.354 e. The molecule has 0 fully saturated rings. The highest BCUT2D eigenvalue weighted by Crippen LogP contribution is 2.25. The molecule has 0 aliphatic heterocycles. The van der Waals surface area contributed by atoms with Gasteiger partial charge in [-0.2, -0.15) is 4.98 Å². The normalized spacial score (nSPS) is 10.3. The molecule has 0 aliphatic rings. The van der Waals surface area contributed by atoms with E-state index in [9.17, 15) is 10.1 Å². The molecule has 0 atom stereocenters. The summed E-state index contributed by atoms with van der Waals surface area (Å²) in [5, 5.41) is 14.1.